The zero-order valence-corrected chi connectivity index (χ0v) is 17.1. The van der Waals surface area contributed by atoms with Crippen LogP contribution in [0.3, 0.4) is 0 Å². The molecule has 1 aliphatic rings. The predicted molar refractivity (Wildman–Crippen MR) is 108 cm³/mol. The van der Waals surface area contributed by atoms with Crippen LogP contribution in [0, 0.1) is 25.6 Å². The van der Waals surface area contributed by atoms with Crippen LogP contribution in [0.15, 0.2) is 29.1 Å². The molecule has 152 valence electrons. The number of halogens is 1. The van der Waals surface area contributed by atoms with Crippen LogP contribution in [-0.2, 0) is 6.42 Å². The summed E-state index contributed by atoms with van der Waals surface area (Å²) in [6.45, 7) is 5.06. The number of benzene rings is 1. The highest BCUT2D eigenvalue weighted by Gasteiger charge is 2.27. The molecule has 7 nitrogen and oxygen atoms in total. The van der Waals surface area contributed by atoms with Crippen molar-refractivity contribution in [2.45, 2.75) is 33.1 Å². The van der Waals surface area contributed by atoms with Crippen molar-refractivity contribution in [1.82, 2.24) is 24.6 Å². The molecule has 1 fully saturated rings. The molecule has 9 heteroatoms. The van der Waals surface area contributed by atoms with E-state index in [0.29, 0.717) is 30.2 Å². The van der Waals surface area contributed by atoms with Gasteiger partial charge in [0.25, 0.3) is 5.91 Å². The summed E-state index contributed by atoms with van der Waals surface area (Å²) in [5.74, 6) is 0.352. The van der Waals surface area contributed by atoms with Gasteiger partial charge in [0.2, 0.25) is 0 Å². The minimum atomic E-state index is -0.465. The lowest BCUT2D eigenvalue weighted by molar-refractivity contribution is 0.0693. The van der Waals surface area contributed by atoms with Crippen molar-refractivity contribution < 1.29 is 9.18 Å². The van der Waals surface area contributed by atoms with Gasteiger partial charge < -0.3 is 4.90 Å². The van der Waals surface area contributed by atoms with Gasteiger partial charge in [-0.3, -0.25) is 4.79 Å². The van der Waals surface area contributed by atoms with Gasteiger partial charge >= 0.3 is 5.69 Å². The largest absolute Gasteiger partial charge is 0.348 e. The molecule has 1 aliphatic heterocycles. The van der Waals surface area contributed by atoms with Crippen LogP contribution in [0.25, 0.3) is 5.69 Å². The van der Waals surface area contributed by atoms with Crippen LogP contribution in [0.1, 0.15) is 39.0 Å². The fourth-order valence-corrected chi connectivity index (χ4v) is 4.71. The van der Waals surface area contributed by atoms with E-state index in [9.17, 15) is 14.0 Å². The monoisotopic (exact) mass is 415 g/mol. The van der Waals surface area contributed by atoms with Gasteiger partial charge in [0.15, 0.2) is 0 Å². The van der Waals surface area contributed by atoms with Gasteiger partial charge in [-0.2, -0.15) is 5.10 Å². The number of likely N-dealkylation sites (tertiary alicyclic amines) is 1. The molecule has 0 bridgehead atoms. The standard InChI is InChI=1S/C20H22FN5O2S/c1-12-18(29-13(2)22-12)19(27)25-9-7-14(8-10-25)11-17-23-24-20(28)26(17)16-6-4-3-5-15(16)21/h3-6,14H,7-11H2,1-2H3,(H,24,28). The Morgan fingerprint density at radius 2 is 2.00 bits per heavy atom. The first kappa shape index (κ1) is 19.5. The molecule has 3 aromatic rings. The number of rotatable bonds is 4. The van der Waals surface area contributed by atoms with E-state index < -0.39 is 11.5 Å². The third kappa shape index (κ3) is 3.87. The highest BCUT2D eigenvalue weighted by atomic mass is 32.1. The second-order valence-corrected chi connectivity index (χ2v) is 8.52. The number of nitrogens with zero attached hydrogens (tertiary/aromatic N) is 4. The average Bonchev–Trinajstić information content (AvgIpc) is 3.23. The molecule has 1 amide bonds. The molecule has 1 N–H and O–H groups in total. The number of piperidine rings is 1. The first-order chi connectivity index (χ1) is 13.9. The first-order valence-electron chi connectivity index (χ1n) is 9.58. The Balaban J connectivity index is 1.45. The van der Waals surface area contributed by atoms with Gasteiger partial charge in [-0.15, -0.1) is 11.3 Å². The van der Waals surface area contributed by atoms with Crippen LogP contribution in [0.2, 0.25) is 0 Å². The van der Waals surface area contributed by atoms with Crippen LogP contribution < -0.4 is 5.69 Å². The lowest BCUT2D eigenvalue weighted by atomic mass is 9.93. The third-order valence-corrected chi connectivity index (χ3v) is 6.37. The maximum absolute atomic E-state index is 14.2. The van der Waals surface area contributed by atoms with E-state index in [1.807, 2.05) is 18.7 Å². The van der Waals surface area contributed by atoms with Crippen LogP contribution >= 0.6 is 11.3 Å². The normalized spacial score (nSPS) is 15.1. The second-order valence-electron chi connectivity index (χ2n) is 7.32. The molecule has 0 spiro atoms. The van der Waals surface area contributed by atoms with Crippen LogP contribution in [0.5, 0.6) is 0 Å². The van der Waals surface area contributed by atoms with Gasteiger partial charge in [-0.25, -0.2) is 23.8 Å². The molecule has 0 unspecified atom stereocenters. The predicted octanol–water partition coefficient (Wildman–Crippen LogP) is 2.87. The van der Waals surface area contributed by atoms with Crippen LogP contribution in [-0.4, -0.2) is 43.6 Å². The number of amides is 1. The Bertz CT molecular complexity index is 1090. The molecule has 3 heterocycles. The van der Waals surface area contributed by atoms with E-state index in [1.165, 1.54) is 22.0 Å². The maximum atomic E-state index is 14.2. The smallest absolute Gasteiger partial charge is 0.338 e. The Labute approximate surface area is 171 Å². The number of aryl methyl sites for hydroxylation is 2. The number of hydrogen-bond acceptors (Lipinski definition) is 5. The molecule has 0 aliphatic carbocycles. The minimum Gasteiger partial charge on any atom is -0.338 e. The van der Waals surface area contributed by atoms with Gasteiger partial charge in [0.05, 0.1) is 16.4 Å². The molecular weight excluding hydrogens is 393 g/mol. The zero-order valence-electron chi connectivity index (χ0n) is 16.3. The van der Waals surface area contributed by atoms with Crippen molar-refractivity contribution in [2.24, 2.45) is 5.92 Å². The Morgan fingerprint density at radius 1 is 1.28 bits per heavy atom. The van der Waals surface area contributed by atoms with Gasteiger partial charge in [0.1, 0.15) is 16.5 Å². The molecule has 0 radical (unpaired) electrons. The van der Waals surface area contributed by atoms with E-state index in [-0.39, 0.29) is 17.5 Å². The van der Waals surface area contributed by atoms with Crippen molar-refractivity contribution in [3.05, 3.63) is 62.0 Å². The van der Waals surface area contributed by atoms with Gasteiger partial charge in [-0.05, 0) is 44.7 Å². The van der Waals surface area contributed by atoms with Gasteiger partial charge in [0, 0.05) is 19.5 Å². The molecular formula is C20H22FN5O2S. The quantitative estimate of drug-likeness (QED) is 0.710. The van der Waals surface area contributed by atoms with Crippen molar-refractivity contribution >= 4 is 17.2 Å². The van der Waals surface area contributed by atoms with Crippen LogP contribution in [0.4, 0.5) is 4.39 Å². The van der Waals surface area contributed by atoms with E-state index in [2.05, 4.69) is 15.2 Å². The lowest BCUT2D eigenvalue weighted by Crippen LogP contribution is -2.39. The zero-order chi connectivity index (χ0) is 20.5. The van der Waals surface area contributed by atoms with Crippen molar-refractivity contribution in [1.29, 1.82) is 0 Å². The molecule has 1 aromatic carbocycles. The third-order valence-electron chi connectivity index (χ3n) is 5.31. The number of carbonyl (C=O) groups excluding carboxylic acids is 1. The molecule has 0 atom stereocenters. The topological polar surface area (TPSA) is 83.9 Å². The number of H-pyrrole nitrogens is 1. The summed E-state index contributed by atoms with van der Waals surface area (Å²) in [7, 11) is 0. The number of aromatic amines is 1. The van der Waals surface area contributed by atoms with E-state index in [4.69, 9.17) is 0 Å². The minimum absolute atomic E-state index is 0.0367. The number of para-hydroxylation sites is 1. The molecule has 29 heavy (non-hydrogen) atoms. The van der Waals surface area contributed by atoms with Crippen molar-refractivity contribution in [3.8, 4) is 5.69 Å². The van der Waals surface area contributed by atoms with E-state index in [0.717, 1.165) is 23.5 Å². The summed E-state index contributed by atoms with van der Waals surface area (Å²) in [5, 5.41) is 7.44. The fourth-order valence-electron chi connectivity index (χ4n) is 3.82. The highest BCUT2D eigenvalue weighted by molar-refractivity contribution is 7.13. The average molecular weight is 415 g/mol. The fraction of sp³-hybridized carbons (Fsp3) is 0.400. The lowest BCUT2D eigenvalue weighted by Gasteiger charge is -2.31. The Hall–Kier alpha value is -2.81. The number of thiazole rings is 1. The summed E-state index contributed by atoms with van der Waals surface area (Å²) in [4.78, 5) is 31.9. The SMILES string of the molecule is Cc1nc(C)c(C(=O)N2CCC(Cc3n[nH]c(=O)n3-c3ccccc3F)CC2)s1. The molecule has 1 saturated heterocycles. The summed E-state index contributed by atoms with van der Waals surface area (Å²) in [6.07, 6.45) is 2.16. The summed E-state index contributed by atoms with van der Waals surface area (Å²) >= 11 is 1.43. The van der Waals surface area contributed by atoms with E-state index in [1.54, 1.807) is 18.2 Å². The summed E-state index contributed by atoms with van der Waals surface area (Å²) in [5.41, 5.74) is 0.531. The maximum Gasteiger partial charge on any atom is 0.348 e. The summed E-state index contributed by atoms with van der Waals surface area (Å²) in [6, 6.07) is 6.17. The Kier molecular flexibility index (Phi) is 5.31. The van der Waals surface area contributed by atoms with Gasteiger partial charge in [-0.1, -0.05) is 12.1 Å². The number of carbonyl (C=O) groups is 1. The molecule has 0 saturated carbocycles. The van der Waals surface area contributed by atoms with Crippen molar-refractivity contribution in [2.75, 3.05) is 13.1 Å². The highest BCUT2D eigenvalue weighted by Crippen LogP contribution is 2.25. The number of nitrogens with one attached hydrogen (secondary N) is 1. The number of hydrogen-bond donors (Lipinski definition) is 1. The molecule has 2 aromatic heterocycles. The Morgan fingerprint density at radius 3 is 2.66 bits per heavy atom. The van der Waals surface area contributed by atoms with E-state index >= 15 is 0 Å². The summed E-state index contributed by atoms with van der Waals surface area (Å²) < 4.78 is 15.5. The first-order valence-corrected chi connectivity index (χ1v) is 10.4. The second kappa shape index (κ2) is 7.90. The molecule has 4 rings (SSSR count). The number of aromatic nitrogens is 4. The van der Waals surface area contributed by atoms with Crippen molar-refractivity contribution in [3.63, 3.8) is 0 Å².